The number of aliphatic carboxylic acids is 1. The van der Waals surface area contributed by atoms with E-state index < -0.39 is 23.2 Å². The van der Waals surface area contributed by atoms with E-state index in [0.717, 1.165) is 17.5 Å². The summed E-state index contributed by atoms with van der Waals surface area (Å²) in [7, 11) is 0. The van der Waals surface area contributed by atoms with Crippen molar-refractivity contribution in [2.45, 2.75) is 56.9 Å². The second kappa shape index (κ2) is 8.98. The van der Waals surface area contributed by atoms with Crippen LogP contribution in [-0.2, 0) is 32.1 Å². The Kier molecular flexibility index (Phi) is 6.26. The molecule has 2 fully saturated rings. The van der Waals surface area contributed by atoms with Gasteiger partial charge in [0.05, 0.1) is 19.3 Å². The molecule has 2 aromatic rings. The van der Waals surface area contributed by atoms with Crippen LogP contribution in [0.5, 0.6) is 0 Å². The molecule has 2 saturated heterocycles. The van der Waals surface area contributed by atoms with E-state index in [0.29, 0.717) is 13.0 Å². The quantitative estimate of drug-likeness (QED) is 0.625. The van der Waals surface area contributed by atoms with Crippen LogP contribution >= 0.6 is 0 Å². The van der Waals surface area contributed by atoms with Crippen molar-refractivity contribution >= 4 is 17.8 Å². The zero-order valence-electron chi connectivity index (χ0n) is 19.1. The molecule has 0 bridgehead atoms. The van der Waals surface area contributed by atoms with Crippen molar-refractivity contribution in [3.63, 3.8) is 0 Å². The zero-order chi connectivity index (χ0) is 23.6. The number of carboxylic acids is 1. The lowest BCUT2D eigenvalue weighted by Crippen LogP contribution is -2.81. The molecule has 3 atom stereocenters. The second-order valence-corrected chi connectivity index (χ2v) is 9.03. The van der Waals surface area contributed by atoms with Crippen molar-refractivity contribution < 1.29 is 24.2 Å². The van der Waals surface area contributed by atoms with Gasteiger partial charge in [0, 0.05) is 19.9 Å². The van der Waals surface area contributed by atoms with Gasteiger partial charge in [-0.3, -0.25) is 9.59 Å². The minimum absolute atomic E-state index is 0.112. The number of β-lactam (4-membered cyclic amide) rings is 1. The van der Waals surface area contributed by atoms with E-state index in [-0.39, 0.29) is 31.4 Å². The molecule has 0 aromatic heterocycles. The lowest BCUT2D eigenvalue weighted by Gasteiger charge is -2.58. The third-order valence-corrected chi connectivity index (χ3v) is 7.12. The van der Waals surface area contributed by atoms with Crippen molar-refractivity contribution in [3.05, 3.63) is 71.8 Å². The molecule has 1 unspecified atom stereocenters. The highest BCUT2D eigenvalue weighted by Crippen LogP contribution is 2.44. The fourth-order valence-corrected chi connectivity index (χ4v) is 5.27. The largest absolute Gasteiger partial charge is 0.479 e. The van der Waals surface area contributed by atoms with Crippen molar-refractivity contribution in [1.82, 2.24) is 9.80 Å². The molecule has 2 heterocycles. The number of amides is 2. The van der Waals surface area contributed by atoms with Gasteiger partial charge in [-0.2, -0.15) is 0 Å². The summed E-state index contributed by atoms with van der Waals surface area (Å²) < 4.78 is 6.10. The maximum atomic E-state index is 13.6. The number of hydrogen-bond acceptors (Lipinski definition) is 4. The van der Waals surface area contributed by atoms with Gasteiger partial charge in [-0.05, 0) is 30.9 Å². The molecule has 0 saturated carbocycles. The van der Waals surface area contributed by atoms with Crippen LogP contribution in [0.2, 0.25) is 0 Å². The van der Waals surface area contributed by atoms with Crippen LogP contribution in [0.25, 0.3) is 0 Å². The van der Waals surface area contributed by atoms with Crippen LogP contribution in [0.4, 0.5) is 0 Å². The van der Waals surface area contributed by atoms with Gasteiger partial charge in [-0.15, -0.1) is 0 Å². The first-order valence-corrected chi connectivity index (χ1v) is 11.3. The first kappa shape index (κ1) is 23.0. The zero-order valence-corrected chi connectivity index (χ0v) is 19.1. The van der Waals surface area contributed by atoms with Crippen molar-refractivity contribution in [1.29, 1.82) is 0 Å². The van der Waals surface area contributed by atoms with E-state index in [9.17, 15) is 19.5 Å². The van der Waals surface area contributed by atoms with Crippen molar-refractivity contribution in [3.8, 4) is 0 Å². The number of rotatable bonds is 8. The minimum atomic E-state index is -1.59. The summed E-state index contributed by atoms with van der Waals surface area (Å²) in [4.78, 5) is 41.8. The average Bonchev–Trinajstić information content (AvgIpc) is 3.28. The predicted octanol–water partition coefficient (Wildman–Crippen LogP) is 2.88. The molecule has 1 N–H and O–H groups in total. The van der Waals surface area contributed by atoms with Gasteiger partial charge in [0.25, 0.3) is 5.91 Å². The normalized spacial score (nSPS) is 22.7. The summed E-state index contributed by atoms with van der Waals surface area (Å²) in [6, 6.07) is 18.8. The molecule has 0 aliphatic carbocycles. The van der Waals surface area contributed by atoms with Crippen LogP contribution in [0.1, 0.15) is 37.8 Å². The highest BCUT2D eigenvalue weighted by atomic mass is 16.5. The molecule has 1 spiro atoms. The number of likely N-dealkylation sites (tertiary alicyclic amines) is 2. The molecule has 2 amide bonds. The summed E-state index contributed by atoms with van der Waals surface area (Å²) in [5.74, 6) is -1.57. The Morgan fingerprint density at radius 1 is 1.09 bits per heavy atom. The first-order valence-electron chi connectivity index (χ1n) is 11.3. The molecule has 2 aliphatic heterocycles. The number of hydrogen-bond donors (Lipinski definition) is 1. The number of benzene rings is 2. The Bertz CT molecular complexity index is 1030. The fourth-order valence-electron chi connectivity index (χ4n) is 5.27. The highest BCUT2D eigenvalue weighted by Gasteiger charge is 2.67. The van der Waals surface area contributed by atoms with Crippen molar-refractivity contribution in [2.24, 2.45) is 0 Å². The van der Waals surface area contributed by atoms with Crippen molar-refractivity contribution in [2.75, 3.05) is 13.1 Å². The smallest absolute Gasteiger partial charge is 0.332 e. The lowest BCUT2D eigenvalue weighted by molar-refractivity contribution is -0.197. The number of nitrogens with zero attached hydrogens (tertiary/aromatic N) is 2. The van der Waals surface area contributed by atoms with Crippen LogP contribution in [0, 0.1) is 0 Å². The number of carbonyl (C=O) groups excluding carboxylic acids is 2. The van der Waals surface area contributed by atoms with E-state index in [1.165, 1.54) is 11.8 Å². The van der Waals surface area contributed by atoms with Gasteiger partial charge in [0.15, 0.2) is 5.54 Å². The van der Waals surface area contributed by atoms with E-state index >= 15 is 0 Å². The van der Waals surface area contributed by atoms with Gasteiger partial charge in [0.2, 0.25) is 5.91 Å². The predicted molar refractivity (Wildman–Crippen MR) is 122 cm³/mol. The molecule has 174 valence electrons. The van der Waals surface area contributed by atoms with Gasteiger partial charge in [-0.1, -0.05) is 60.7 Å². The van der Waals surface area contributed by atoms with Crippen LogP contribution < -0.4 is 0 Å². The summed E-state index contributed by atoms with van der Waals surface area (Å²) in [6.07, 6.45) is 0.616. The van der Waals surface area contributed by atoms with Crippen LogP contribution in [0.15, 0.2) is 60.7 Å². The third kappa shape index (κ3) is 3.91. The standard InChI is InChI=1S/C26H30N2O5/c1-19(33-17-22-12-7-4-8-13-22)26(24(31)32,16-21-10-5-3-6-11-21)28-18-25(23(28)30)14-9-15-27(25)20(2)29/h3-8,10-13,19H,9,14-18H2,1-2H3,(H,31,32)/t19-,25?,26+/m1/s1. The van der Waals surface area contributed by atoms with Crippen LogP contribution in [-0.4, -0.2) is 63.0 Å². The Balaban J connectivity index is 1.67. The van der Waals surface area contributed by atoms with Gasteiger partial charge >= 0.3 is 5.97 Å². The number of ether oxygens (including phenoxy) is 1. The first-order chi connectivity index (χ1) is 15.8. The summed E-state index contributed by atoms with van der Waals surface area (Å²) in [6.45, 7) is 4.13. The maximum absolute atomic E-state index is 13.6. The lowest BCUT2D eigenvalue weighted by atomic mass is 9.75. The summed E-state index contributed by atoms with van der Waals surface area (Å²) in [5.41, 5.74) is -0.793. The number of carboxylic acid groups (broad SMARTS) is 1. The molecule has 33 heavy (non-hydrogen) atoms. The molecule has 7 nitrogen and oxygen atoms in total. The van der Waals surface area contributed by atoms with E-state index in [1.54, 1.807) is 11.8 Å². The van der Waals surface area contributed by atoms with E-state index in [1.807, 2.05) is 60.7 Å². The second-order valence-electron chi connectivity index (χ2n) is 9.03. The molecular formula is C26H30N2O5. The topological polar surface area (TPSA) is 87.2 Å². The van der Waals surface area contributed by atoms with Gasteiger partial charge < -0.3 is 19.6 Å². The minimum Gasteiger partial charge on any atom is -0.479 e. The van der Waals surface area contributed by atoms with Gasteiger partial charge in [-0.25, -0.2) is 4.79 Å². The Hall–Kier alpha value is -3.19. The average molecular weight is 451 g/mol. The maximum Gasteiger partial charge on any atom is 0.332 e. The SMILES string of the molecule is CC(=O)N1CCCC12CN([C@](Cc1ccccc1)(C(=O)O)[C@@H](C)OCc1ccccc1)C2=O. The Morgan fingerprint density at radius 2 is 1.70 bits per heavy atom. The fraction of sp³-hybridized carbons (Fsp3) is 0.423. The molecule has 4 rings (SSSR count). The Labute approximate surface area is 193 Å². The van der Waals surface area contributed by atoms with Crippen LogP contribution in [0.3, 0.4) is 0 Å². The summed E-state index contributed by atoms with van der Waals surface area (Å²) >= 11 is 0. The summed E-state index contributed by atoms with van der Waals surface area (Å²) in [5, 5.41) is 10.6. The highest BCUT2D eigenvalue weighted by molar-refractivity contribution is 6.00. The number of carbonyl (C=O) groups is 3. The van der Waals surface area contributed by atoms with E-state index in [4.69, 9.17) is 4.74 Å². The monoisotopic (exact) mass is 450 g/mol. The Morgan fingerprint density at radius 3 is 2.24 bits per heavy atom. The molecule has 2 aliphatic rings. The molecule has 0 radical (unpaired) electrons. The molecule has 2 aromatic carbocycles. The molecular weight excluding hydrogens is 420 g/mol. The molecule has 7 heteroatoms. The third-order valence-electron chi connectivity index (χ3n) is 7.12. The van der Waals surface area contributed by atoms with E-state index in [2.05, 4.69) is 0 Å². The van der Waals surface area contributed by atoms with Gasteiger partial charge in [0.1, 0.15) is 5.54 Å².